The minimum atomic E-state index is -0.622. The molecule has 72 valence electrons. The second kappa shape index (κ2) is 3.36. The zero-order valence-electron chi connectivity index (χ0n) is 7.25. The maximum absolute atomic E-state index is 12.9. The van der Waals surface area contributed by atoms with Gasteiger partial charge in [0.2, 0.25) is 5.82 Å². The van der Waals surface area contributed by atoms with Crippen molar-refractivity contribution >= 4 is 0 Å². The molecule has 7 heteroatoms. The Bertz CT molecular complexity index is 430. The van der Waals surface area contributed by atoms with Gasteiger partial charge in [-0.3, -0.25) is 0 Å². The van der Waals surface area contributed by atoms with Gasteiger partial charge in [-0.05, 0) is 0 Å². The van der Waals surface area contributed by atoms with Crippen molar-refractivity contribution in [2.75, 3.05) is 7.11 Å². The molecule has 0 atom stereocenters. The third-order valence-electron chi connectivity index (χ3n) is 1.49. The molecule has 0 aliphatic rings. The van der Waals surface area contributed by atoms with E-state index in [9.17, 15) is 4.39 Å². The summed E-state index contributed by atoms with van der Waals surface area (Å²) < 4.78 is 17.6. The van der Waals surface area contributed by atoms with Gasteiger partial charge < -0.3 is 4.74 Å². The maximum atomic E-state index is 12.9. The Labute approximate surface area is 78.4 Å². The standard InChI is InChI=1S/C7H6FN5O/c1-14-6-5(8)4-9-7(12-6)13-10-2-3-11-13/h2-4H,1H3. The Morgan fingerprint density at radius 3 is 2.71 bits per heavy atom. The molecule has 0 unspecified atom stereocenters. The number of aromatic nitrogens is 5. The maximum Gasteiger partial charge on any atom is 0.272 e. The average Bonchev–Trinajstić information content (AvgIpc) is 2.71. The Kier molecular flexibility index (Phi) is 2.05. The van der Waals surface area contributed by atoms with Crippen LogP contribution in [0, 0.1) is 5.82 Å². The number of nitrogens with zero attached hydrogens (tertiary/aromatic N) is 5. The zero-order chi connectivity index (χ0) is 9.97. The number of hydrogen-bond donors (Lipinski definition) is 0. The fourth-order valence-electron chi connectivity index (χ4n) is 0.901. The largest absolute Gasteiger partial charge is 0.479 e. The van der Waals surface area contributed by atoms with Gasteiger partial charge in [0.1, 0.15) is 0 Å². The van der Waals surface area contributed by atoms with Crippen molar-refractivity contribution in [1.82, 2.24) is 25.0 Å². The molecule has 0 spiro atoms. The van der Waals surface area contributed by atoms with Crippen LogP contribution >= 0.6 is 0 Å². The van der Waals surface area contributed by atoms with E-state index >= 15 is 0 Å². The first-order chi connectivity index (χ1) is 6.81. The summed E-state index contributed by atoms with van der Waals surface area (Å²) in [6, 6.07) is 0. The Morgan fingerprint density at radius 2 is 2.07 bits per heavy atom. The van der Waals surface area contributed by atoms with Crippen LogP contribution in [-0.4, -0.2) is 32.1 Å². The van der Waals surface area contributed by atoms with E-state index < -0.39 is 5.82 Å². The Balaban J connectivity index is 2.46. The molecule has 0 bridgehead atoms. The first-order valence-electron chi connectivity index (χ1n) is 3.74. The highest BCUT2D eigenvalue weighted by atomic mass is 19.1. The molecular weight excluding hydrogens is 189 g/mol. The zero-order valence-corrected chi connectivity index (χ0v) is 7.25. The van der Waals surface area contributed by atoms with Gasteiger partial charge in [-0.1, -0.05) is 0 Å². The molecule has 0 radical (unpaired) electrons. The summed E-state index contributed by atoms with van der Waals surface area (Å²) in [5.74, 6) is -0.594. The van der Waals surface area contributed by atoms with Crippen LogP contribution < -0.4 is 4.74 Å². The van der Waals surface area contributed by atoms with Crippen molar-refractivity contribution in [1.29, 1.82) is 0 Å². The van der Waals surface area contributed by atoms with Gasteiger partial charge in [-0.25, -0.2) is 4.98 Å². The Morgan fingerprint density at radius 1 is 1.36 bits per heavy atom. The van der Waals surface area contributed by atoms with Crippen molar-refractivity contribution in [3.63, 3.8) is 0 Å². The van der Waals surface area contributed by atoms with E-state index in [2.05, 4.69) is 24.9 Å². The Hall–Kier alpha value is -2.05. The highest BCUT2D eigenvalue weighted by molar-refractivity contribution is 5.17. The van der Waals surface area contributed by atoms with Gasteiger partial charge >= 0.3 is 0 Å². The quantitative estimate of drug-likeness (QED) is 0.685. The van der Waals surface area contributed by atoms with Gasteiger partial charge in [-0.2, -0.15) is 19.6 Å². The third-order valence-corrected chi connectivity index (χ3v) is 1.49. The molecule has 0 amide bonds. The summed E-state index contributed by atoms with van der Waals surface area (Å²) in [7, 11) is 1.33. The van der Waals surface area contributed by atoms with E-state index in [0.29, 0.717) is 0 Å². The monoisotopic (exact) mass is 195 g/mol. The molecule has 2 rings (SSSR count). The van der Waals surface area contributed by atoms with Crippen molar-refractivity contribution in [3.05, 3.63) is 24.4 Å². The molecule has 0 N–H and O–H groups in total. The normalized spacial score (nSPS) is 10.1. The van der Waals surface area contributed by atoms with Gasteiger partial charge in [0, 0.05) is 0 Å². The van der Waals surface area contributed by atoms with Crippen LogP contribution in [0.5, 0.6) is 5.88 Å². The van der Waals surface area contributed by atoms with Crippen molar-refractivity contribution in [2.24, 2.45) is 0 Å². The van der Waals surface area contributed by atoms with Crippen LogP contribution in [0.2, 0.25) is 0 Å². The minimum absolute atomic E-state index is 0.132. The topological polar surface area (TPSA) is 65.7 Å². The summed E-state index contributed by atoms with van der Waals surface area (Å²) in [5, 5.41) is 7.59. The van der Waals surface area contributed by atoms with E-state index in [1.54, 1.807) is 0 Å². The second-order valence-electron chi connectivity index (χ2n) is 2.35. The molecule has 0 aliphatic carbocycles. The first kappa shape index (κ1) is 8.54. The van der Waals surface area contributed by atoms with Crippen LogP contribution in [0.25, 0.3) is 5.95 Å². The molecular formula is C7H6FN5O. The summed E-state index contributed by atoms with van der Waals surface area (Å²) in [4.78, 5) is 8.63. The van der Waals surface area contributed by atoms with Gasteiger partial charge in [0.05, 0.1) is 25.7 Å². The summed E-state index contributed by atoms with van der Waals surface area (Å²) in [5.41, 5.74) is 0. The van der Waals surface area contributed by atoms with E-state index in [0.717, 1.165) is 6.20 Å². The van der Waals surface area contributed by atoms with Crippen LogP contribution in [-0.2, 0) is 0 Å². The lowest BCUT2D eigenvalue weighted by Gasteiger charge is -2.01. The van der Waals surface area contributed by atoms with E-state index in [1.165, 1.54) is 24.3 Å². The summed E-state index contributed by atoms with van der Waals surface area (Å²) in [6.45, 7) is 0. The lowest BCUT2D eigenvalue weighted by atomic mass is 10.6. The fourth-order valence-corrected chi connectivity index (χ4v) is 0.901. The van der Waals surface area contributed by atoms with Gasteiger partial charge in [-0.15, -0.1) is 4.80 Å². The molecule has 6 nitrogen and oxygen atoms in total. The number of halogens is 1. The molecule has 0 aromatic carbocycles. The number of hydrogen-bond acceptors (Lipinski definition) is 5. The van der Waals surface area contributed by atoms with E-state index in [1.807, 2.05) is 0 Å². The van der Waals surface area contributed by atoms with Crippen molar-refractivity contribution in [2.45, 2.75) is 0 Å². The molecule has 0 aliphatic heterocycles. The molecule has 2 aromatic heterocycles. The smallest absolute Gasteiger partial charge is 0.272 e. The van der Waals surface area contributed by atoms with E-state index in [4.69, 9.17) is 0 Å². The number of rotatable bonds is 2. The number of ether oxygens (including phenoxy) is 1. The van der Waals surface area contributed by atoms with E-state index in [-0.39, 0.29) is 11.8 Å². The lowest BCUT2D eigenvalue weighted by Crippen LogP contribution is -2.06. The van der Waals surface area contributed by atoms with Crippen LogP contribution in [0.3, 0.4) is 0 Å². The van der Waals surface area contributed by atoms with Gasteiger partial charge in [0.15, 0.2) is 0 Å². The van der Waals surface area contributed by atoms with Crippen molar-refractivity contribution in [3.8, 4) is 11.8 Å². The second-order valence-corrected chi connectivity index (χ2v) is 2.35. The predicted octanol–water partition coefficient (Wildman–Crippen LogP) is 0.205. The fraction of sp³-hybridized carbons (Fsp3) is 0.143. The van der Waals surface area contributed by atoms with Crippen LogP contribution in [0.15, 0.2) is 18.6 Å². The highest BCUT2D eigenvalue weighted by Crippen LogP contribution is 2.11. The van der Waals surface area contributed by atoms with Crippen LogP contribution in [0.4, 0.5) is 4.39 Å². The average molecular weight is 195 g/mol. The summed E-state index contributed by atoms with van der Waals surface area (Å²) in [6.07, 6.45) is 3.95. The molecule has 0 saturated heterocycles. The predicted molar refractivity (Wildman–Crippen MR) is 43.5 cm³/mol. The third kappa shape index (κ3) is 1.39. The molecule has 0 saturated carbocycles. The lowest BCUT2D eigenvalue weighted by molar-refractivity contribution is 0.365. The SMILES string of the molecule is COc1nc(-n2nccn2)ncc1F. The molecule has 2 aromatic rings. The number of methoxy groups -OCH3 is 1. The first-order valence-corrected chi connectivity index (χ1v) is 3.74. The minimum Gasteiger partial charge on any atom is -0.479 e. The van der Waals surface area contributed by atoms with Crippen molar-refractivity contribution < 1.29 is 9.13 Å². The summed E-state index contributed by atoms with van der Waals surface area (Å²) >= 11 is 0. The van der Waals surface area contributed by atoms with Crippen LogP contribution in [0.1, 0.15) is 0 Å². The molecule has 2 heterocycles. The molecule has 0 fully saturated rings. The highest BCUT2D eigenvalue weighted by Gasteiger charge is 2.08. The molecule has 14 heavy (non-hydrogen) atoms. The van der Waals surface area contributed by atoms with Gasteiger partial charge in [0.25, 0.3) is 11.8 Å².